The molecule has 19 heavy (non-hydrogen) atoms. The minimum absolute atomic E-state index is 0.725. The second-order valence-electron chi connectivity index (χ2n) is 4.16. The third-order valence-electron chi connectivity index (χ3n) is 2.83. The summed E-state index contributed by atoms with van der Waals surface area (Å²) in [5.41, 5.74) is 3.21. The minimum Gasteiger partial charge on any atom is -0.240 e. The number of hydrogen-bond acceptors (Lipinski definition) is 1. The predicted octanol–water partition coefficient (Wildman–Crippen LogP) is 4.96. The van der Waals surface area contributed by atoms with Crippen LogP contribution >= 0.6 is 27.5 Å². The average molecular weight is 334 g/mol. The van der Waals surface area contributed by atoms with Crippen LogP contribution in [0.25, 0.3) is 16.8 Å². The van der Waals surface area contributed by atoms with Gasteiger partial charge in [-0.05, 0) is 42.0 Å². The molecule has 0 saturated heterocycles. The molecule has 3 rings (SSSR count). The highest BCUT2D eigenvalue weighted by Crippen LogP contribution is 2.23. The van der Waals surface area contributed by atoms with Crippen molar-refractivity contribution in [2.24, 2.45) is 0 Å². The fourth-order valence-electron chi connectivity index (χ4n) is 1.87. The molecule has 2 aromatic carbocycles. The molecule has 94 valence electrons. The van der Waals surface area contributed by atoms with Crippen LogP contribution in [0, 0.1) is 0 Å². The Labute approximate surface area is 124 Å². The molecule has 3 aromatic rings. The number of aromatic nitrogens is 2. The van der Waals surface area contributed by atoms with E-state index >= 15 is 0 Å². The third-order valence-corrected chi connectivity index (χ3v) is 3.58. The molecule has 0 unspecified atom stereocenters. The lowest BCUT2D eigenvalue weighted by Gasteiger charge is -2.01. The van der Waals surface area contributed by atoms with E-state index in [-0.39, 0.29) is 0 Å². The van der Waals surface area contributed by atoms with Crippen LogP contribution in [0.5, 0.6) is 0 Å². The average Bonchev–Trinajstić information content (AvgIpc) is 2.89. The van der Waals surface area contributed by atoms with Crippen molar-refractivity contribution in [1.82, 2.24) is 9.78 Å². The van der Waals surface area contributed by atoms with Crippen molar-refractivity contribution < 1.29 is 0 Å². The number of hydrogen-bond donors (Lipinski definition) is 0. The molecule has 0 amide bonds. The molecule has 0 aliphatic heterocycles. The highest BCUT2D eigenvalue weighted by Gasteiger charge is 2.03. The van der Waals surface area contributed by atoms with E-state index in [0.29, 0.717) is 0 Å². The fourth-order valence-corrected chi connectivity index (χ4v) is 2.40. The fraction of sp³-hybridized carbons (Fsp3) is 0. The summed E-state index contributed by atoms with van der Waals surface area (Å²) in [4.78, 5) is 0. The Hall–Kier alpha value is -1.58. The van der Waals surface area contributed by atoms with E-state index in [0.717, 1.165) is 26.3 Å². The molecule has 0 spiro atoms. The van der Waals surface area contributed by atoms with Gasteiger partial charge in [0.2, 0.25) is 0 Å². The Morgan fingerprint density at radius 3 is 2.53 bits per heavy atom. The highest BCUT2D eigenvalue weighted by atomic mass is 79.9. The smallest absolute Gasteiger partial charge is 0.0646 e. The summed E-state index contributed by atoms with van der Waals surface area (Å²) in [5, 5.41) is 5.11. The topological polar surface area (TPSA) is 17.8 Å². The van der Waals surface area contributed by atoms with Crippen molar-refractivity contribution in [3.63, 3.8) is 0 Å². The molecule has 0 fully saturated rings. The normalized spacial score (nSPS) is 10.6. The molecular formula is C15H10BrClN2. The first kappa shape index (κ1) is 12.5. The Morgan fingerprint density at radius 2 is 1.79 bits per heavy atom. The summed E-state index contributed by atoms with van der Waals surface area (Å²) >= 11 is 9.36. The molecule has 0 aliphatic rings. The van der Waals surface area contributed by atoms with Gasteiger partial charge in [0.1, 0.15) is 0 Å². The zero-order chi connectivity index (χ0) is 13.2. The Morgan fingerprint density at radius 1 is 1.00 bits per heavy atom. The number of benzene rings is 2. The maximum Gasteiger partial charge on any atom is 0.0646 e. The molecule has 0 N–H and O–H groups in total. The first-order valence-corrected chi connectivity index (χ1v) is 6.96. The molecule has 0 aliphatic carbocycles. The van der Waals surface area contributed by atoms with Crippen LogP contribution in [0.3, 0.4) is 0 Å². The molecule has 4 heteroatoms. The van der Waals surface area contributed by atoms with Gasteiger partial charge in [-0.15, -0.1) is 0 Å². The molecule has 0 radical (unpaired) electrons. The second-order valence-corrected chi connectivity index (χ2v) is 5.51. The third kappa shape index (κ3) is 2.72. The van der Waals surface area contributed by atoms with Gasteiger partial charge in [0, 0.05) is 21.3 Å². The molecule has 1 heterocycles. The van der Waals surface area contributed by atoms with Gasteiger partial charge in [-0.25, -0.2) is 4.68 Å². The van der Waals surface area contributed by atoms with E-state index in [2.05, 4.69) is 33.2 Å². The SMILES string of the molecule is Clc1ccc(-n2cc(-c3cccc(Br)c3)cn2)cc1. The second kappa shape index (κ2) is 5.19. The largest absolute Gasteiger partial charge is 0.240 e. The molecule has 1 aromatic heterocycles. The van der Waals surface area contributed by atoms with Gasteiger partial charge in [-0.2, -0.15) is 5.10 Å². The number of rotatable bonds is 2. The maximum atomic E-state index is 5.88. The van der Waals surface area contributed by atoms with Gasteiger partial charge in [0.05, 0.1) is 11.9 Å². The van der Waals surface area contributed by atoms with E-state index in [1.807, 2.05) is 53.5 Å². The van der Waals surface area contributed by atoms with Crippen molar-refractivity contribution in [3.8, 4) is 16.8 Å². The first-order valence-electron chi connectivity index (χ1n) is 5.79. The molecule has 0 bridgehead atoms. The summed E-state index contributed by atoms with van der Waals surface area (Å²) in [6, 6.07) is 15.8. The number of halogens is 2. The van der Waals surface area contributed by atoms with Crippen LogP contribution in [-0.2, 0) is 0 Å². The lowest BCUT2D eigenvalue weighted by Crippen LogP contribution is -1.92. The summed E-state index contributed by atoms with van der Waals surface area (Å²) < 4.78 is 2.90. The monoisotopic (exact) mass is 332 g/mol. The molecular weight excluding hydrogens is 324 g/mol. The van der Waals surface area contributed by atoms with Gasteiger partial charge < -0.3 is 0 Å². The Kier molecular flexibility index (Phi) is 3.40. The van der Waals surface area contributed by atoms with Crippen LogP contribution in [0.4, 0.5) is 0 Å². The van der Waals surface area contributed by atoms with Crippen LogP contribution < -0.4 is 0 Å². The van der Waals surface area contributed by atoms with E-state index in [4.69, 9.17) is 11.6 Å². The lowest BCUT2D eigenvalue weighted by molar-refractivity contribution is 0.881. The van der Waals surface area contributed by atoms with Crippen LogP contribution in [0.15, 0.2) is 65.4 Å². The highest BCUT2D eigenvalue weighted by molar-refractivity contribution is 9.10. The van der Waals surface area contributed by atoms with Crippen molar-refractivity contribution in [3.05, 3.63) is 70.4 Å². The zero-order valence-corrected chi connectivity index (χ0v) is 12.3. The minimum atomic E-state index is 0.725. The van der Waals surface area contributed by atoms with E-state index in [1.54, 1.807) is 0 Å². The van der Waals surface area contributed by atoms with Gasteiger partial charge in [-0.1, -0.05) is 39.7 Å². The van der Waals surface area contributed by atoms with E-state index in [9.17, 15) is 0 Å². The first-order chi connectivity index (χ1) is 9.22. The standard InChI is InChI=1S/C15H10BrClN2/c16-13-3-1-2-11(8-13)12-9-18-19(10-12)15-6-4-14(17)5-7-15/h1-10H. The van der Waals surface area contributed by atoms with Crippen molar-refractivity contribution in [1.29, 1.82) is 0 Å². The van der Waals surface area contributed by atoms with Gasteiger partial charge in [-0.3, -0.25) is 0 Å². The summed E-state index contributed by atoms with van der Waals surface area (Å²) in [6.45, 7) is 0. The summed E-state index contributed by atoms with van der Waals surface area (Å²) in [5.74, 6) is 0. The number of nitrogens with zero attached hydrogens (tertiary/aromatic N) is 2. The zero-order valence-electron chi connectivity index (χ0n) is 9.92. The van der Waals surface area contributed by atoms with Gasteiger partial charge in [0.25, 0.3) is 0 Å². The summed E-state index contributed by atoms with van der Waals surface area (Å²) in [6.07, 6.45) is 3.86. The van der Waals surface area contributed by atoms with Crippen molar-refractivity contribution >= 4 is 27.5 Å². The van der Waals surface area contributed by atoms with E-state index < -0.39 is 0 Å². The predicted molar refractivity (Wildman–Crippen MR) is 81.7 cm³/mol. The quantitative estimate of drug-likeness (QED) is 0.648. The maximum absolute atomic E-state index is 5.88. The van der Waals surface area contributed by atoms with Crippen LogP contribution in [0.2, 0.25) is 5.02 Å². The van der Waals surface area contributed by atoms with Crippen molar-refractivity contribution in [2.75, 3.05) is 0 Å². The molecule has 0 saturated carbocycles. The lowest BCUT2D eigenvalue weighted by atomic mass is 10.1. The van der Waals surface area contributed by atoms with Gasteiger partial charge in [0.15, 0.2) is 0 Å². The Bertz CT molecular complexity index is 704. The van der Waals surface area contributed by atoms with Crippen LogP contribution in [-0.4, -0.2) is 9.78 Å². The Balaban J connectivity index is 1.97. The molecule has 0 atom stereocenters. The molecule has 2 nitrogen and oxygen atoms in total. The summed E-state index contributed by atoms with van der Waals surface area (Å²) in [7, 11) is 0. The van der Waals surface area contributed by atoms with E-state index in [1.165, 1.54) is 0 Å². The van der Waals surface area contributed by atoms with Crippen molar-refractivity contribution in [2.45, 2.75) is 0 Å². The van der Waals surface area contributed by atoms with Crippen LogP contribution in [0.1, 0.15) is 0 Å². The van der Waals surface area contributed by atoms with Gasteiger partial charge >= 0.3 is 0 Å².